The molecule has 0 aromatic heterocycles. The van der Waals surface area contributed by atoms with Crippen molar-refractivity contribution in [2.75, 3.05) is 0 Å². The van der Waals surface area contributed by atoms with Crippen molar-refractivity contribution >= 4 is 32.6 Å². The van der Waals surface area contributed by atoms with Gasteiger partial charge in [0.15, 0.2) is 0 Å². The van der Waals surface area contributed by atoms with Crippen molar-refractivity contribution in [1.29, 1.82) is 0 Å². The van der Waals surface area contributed by atoms with Crippen LogP contribution < -0.4 is 5.73 Å². The first-order valence-corrected chi connectivity index (χ1v) is 5.54. The third-order valence-electron chi connectivity index (χ3n) is 2.48. The first-order valence-electron chi connectivity index (χ1n) is 4.75. The van der Waals surface area contributed by atoms with E-state index in [1.54, 1.807) is 6.07 Å². The van der Waals surface area contributed by atoms with Crippen LogP contribution in [0.4, 0.5) is 0 Å². The number of fused-ring (bicyclic) bond motifs is 1. The minimum Gasteiger partial charge on any atom is -0.392 e. The van der Waals surface area contributed by atoms with E-state index < -0.39 is 5.91 Å². The molecular weight excluding hydrogens is 270 g/mol. The van der Waals surface area contributed by atoms with Crippen molar-refractivity contribution in [2.45, 2.75) is 6.61 Å². The molecule has 2 aromatic carbocycles. The van der Waals surface area contributed by atoms with Gasteiger partial charge < -0.3 is 10.8 Å². The summed E-state index contributed by atoms with van der Waals surface area (Å²) in [7, 11) is 0. The summed E-state index contributed by atoms with van der Waals surface area (Å²) in [5.74, 6) is -0.517. The molecule has 0 unspecified atom stereocenters. The molecule has 2 aromatic rings. The third kappa shape index (κ3) is 1.81. The van der Waals surface area contributed by atoms with Gasteiger partial charge in [-0.15, -0.1) is 0 Å². The molecule has 0 saturated carbocycles. The standard InChI is InChI=1S/C12H10BrNO2/c13-9-3-4-10-7(5-9)1-2-8(6-15)11(10)12(14)16/h1-5,15H,6H2,(H2,14,16). The molecule has 0 fully saturated rings. The minimum absolute atomic E-state index is 0.190. The van der Waals surface area contributed by atoms with Crippen LogP contribution in [0.2, 0.25) is 0 Å². The van der Waals surface area contributed by atoms with Gasteiger partial charge in [0.05, 0.1) is 12.2 Å². The van der Waals surface area contributed by atoms with Crippen LogP contribution in [0.5, 0.6) is 0 Å². The lowest BCUT2D eigenvalue weighted by Gasteiger charge is -2.08. The fourth-order valence-electron chi connectivity index (χ4n) is 1.77. The highest BCUT2D eigenvalue weighted by molar-refractivity contribution is 9.10. The van der Waals surface area contributed by atoms with Gasteiger partial charge in [-0.25, -0.2) is 0 Å². The van der Waals surface area contributed by atoms with Crippen LogP contribution in [0.15, 0.2) is 34.8 Å². The Labute approximate surface area is 101 Å². The van der Waals surface area contributed by atoms with E-state index in [2.05, 4.69) is 15.9 Å². The van der Waals surface area contributed by atoms with E-state index in [4.69, 9.17) is 10.8 Å². The van der Waals surface area contributed by atoms with E-state index in [1.807, 2.05) is 24.3 Å². The summed E-state index contributed by atoms with van der Waals surface area (Å²) in [6, 6.07) is 9.14. The Morgan fingerprint density at radius 3 is 2.69 bits per heavy atom. The predicted octanol–water partition coefficient (Wildman–Crippen LogP) is 2.19. The molecule has 0 aliphatic carbocycles. The zero-order chi connectivity index (χ0) is 11.7. The van der Waals surface area contributed by atoms with Crippen LogP contribution >= 0.6 is 15.9 Å². The van der Waals surface area contributed by atoms with Crippen LogP contribution in [-0.2, 0) is 6.61 Å². The lowest BCUT2D eigenvalue weighted by molar-refractivity contribution is 0.0999. The van der Waals surface area contributed by atoms with Crippen molar-refractivity contribution in [3.05, 3.63) is 45.9 Å². The largest absolute Gasteiger partial charge is 0.392 e. The molecule has 0 aliphatic heterocycles. The Morgan fingerprint density at radius 2 is 2.06 bits per heavy atom. The Bertz CT molecular complexity index is 566. The van der Waals surface area contributed by atoms with Gasteiger partial charge in [-0.3, -0.25) is 4.79 Å². The number of rotatable bonds is 2. The van der Waals surface area contributed by atoms with Crippen LogP contribution in [0.3, 0.4) is 0 Å². The second kappa shape index (κ2) is 4.23. The van der Waals surface area contributed by atoms with Crippen LogP contribution in [0.1, 0.15) is 15.9 Å². The number of halogens is 1. The Kier molecular flexibility index (Phi) is 2.94. The van der Waals surface area contributed by atoms with Gasteiger partial charge in [-0.2, -0.15) is 0 Å². The average molecular weight is 280 g/mol. The number of benzene rings is 2. The number of aliphatic hydroxyl groups is 1. The summed E-state index contributed by atoms with van der Waals surface area (Å²) in [6.45, 7) is -0.190. The van der Waals surface area contributed by atoms with Crippen LogP contribution in [0.25, 0.3) is 10.8 Å². The highest BCUT2D eigenvalue weighted by Crippen LogP contribution is 2.25. The molecule has 0 atom stereocenters. The Morgan fingerprint density at radius 1 is 1.31 bits per heavy atom. The maximum absolute atomic E-state index is 11.4. The molecule has 16 heavy (non-hydrogen) atoms. The van der Waals surface area contributed by atoms with Crippen molar-refractivity contribution in [2.24, 2.45) is 5.73 Å². The summed E-state index contributed by atoms with van der Waals surface area (Å²) >= 11 is 3.36. The number of hydrogen-bond acceptors (Lipinski definition) is 2. The summed E-state index contributed by atoms with van der Waals surface area (Å²) in [4.78, 5) is 11.4. The van der Waals surface area contributed by atoms with Gasteiger partial charge in [-0.1, -0.05) is 34.1 Å². The lowest BCUT2D eigenvalue weighted by Crippen LogP contribution is -2.14. The van der Waals surface area contributed by atoms with Crippen molar-refractivity contribution in [1.82, 2.24) is 0 Å². The first kappa shape index (κ1) is 11.1. The number of nitrogens with two attached hydrogens (primary N) is 1. The van der Waals surface area contributed by atoms with Crippen LogP contribution in [0, 0.1) is 0 Å². The van der Waals surface area contributed by atoms with E-state index in [0.717, 1.165) is 15.2 Å². The highest BCUT2D eigenvalue weighted by Gasteiger charge is 2.11. The quantitative estimate of drug-likeness (QED) is 0.885. The first-order chi connectivity index (χ1) is 7.63. The molecule has 0 aliphatic rings. The van der Waals surface area contributed by atoms with E-state index in [-0.39, 0.29) is 6.61 Å². The number of primary amides is 1. The molecule has 2 rings (SSSR count). The summed E-state index contributed by atoms with van der Waals surface area (Å²) < 4.78 is 0.937. The number of hydrogen-bond donors (Lipinski definition) is 2. The maximum atomic E-state index is 11.4. The van der Waals surface area contributed by atoms with E-state index in [1.165, 1.54) is 0 Å². The maximum Gasteiger partial charge on any atom is 0.249 e. The molecule has 0 bridgehead atoms. The second-order valence-electron chi connectivity index (χ2n) is 3.49. The molecule has 82 valence electrons. The van der Waals surface area contributed by atoms with Gasteiger partial charge in [0.1, 0.15) is 0 Å². The van der Waals surface area contributed by atoms with Crippen molar-refractivity contribution in [3.63, 3.8) is 0 Å². The molecule has 0 heterocycles. The van der Waals surface area contributed by atoms with E-state index >= 15 is 0 Å². The Balaban J connectivity index is 2.84. The molecular formula is C12H10BrNO2. The van der Waals surface area contributed by atoms with E-state index in [9.17, 15) is 4.79 Å². The fourth-order valence-corrected chi connectivity index (χ4v) is 2.15. The SMILES string of the molecule is NC(=O)c1c(CO)ccc2cc(Br)ccc12. The predicted molar refractivity (Wildman–Crippen MR) is 66.1 cm³/mol. The van der Waals surface area contributed by atoms with Crippen molar-refractivity contribution in [3.8, 4) is 0 Å². The molecule has 0 spiro atoms. The van der Waals surface area contributed by atoms with Crippen LogP contribution in [-0.4, -0.2) is 11.0 Å². The van der Waals surface area contributed by atoms with Gasteiger partial charge in [-0.05, 0) is 28.5 Å². The normalized spacial score (nSPS) is 10.6. The monoisotopic (exact) mass is 279 g/mol. The van der Waals surface area contributed by atoms with E-state index in [0.29, 0.717) is 11.1 Å². The summed E-state index contributed by atoms with van der Waals surface area (Å²) in [6.07, 6.45) is 0. The second-order valence-corrected chi connectivity index (χ2v) is 4.40. The topological polar surface area (TPSA) is 63.3 Å². The minimum atomic E-state index is -0.517. The number of carbonyl (C=O) groups excluding carboxylic acids is 1. The molecule has 3 N–H and O–H groups in total. The Hall–Kier alpha value is -1.39. The number of carbonyl (C=O) groups is 1. The summed E-state index contributed by atoms with van der Waals surface area (Å²) in [5.41, 5.74) is 6.29. The van der Waals surface area contributed by atoms with Gasteiger partial charge in [0.25, 0.3) is 0 Å². The number of amides is 1. The molecule has 1 amide bonds. The van der Waals surface area contributed by atoms with Crippen molar-refractivity contribution < 1.29 is 9.90 Å². The average Bonchev–Trinajstić information content (AvgIpc) is 2.26. The summed E-state index contributed by atoms with van der Waals surface area (Å²) in [5, 5.41) is 10.8. The van der Waals surface area contributed by atoms with Gasteiger partial charge >= 0.3 is 0 Å². The molecule has 3 nitrogen and oxygen atoms in total. The van der Waals surface area contributed by atoms with Gasteiger partial charge in [0.2, 0.25) is 5.91 Å². The lowest BCUT2D eigenvalue weighted by atomic mass is 9.99. The molecule has 4 heteroatoms. The van der Waals surface area contributed by atoms with Gasteiger partial charge in [0, 0.05) is 4.47 Å². The molecule has 0 radical (unpaired) electrons. The smallest absolute Gasteiger partial charge is 0.249 e. The number of aliphatic hydroxyl groups excluding tert-OH is 1. The third-order valence-corrected chi connectivity index (χ3v) is 2.98. The zero-order valence-corrected chi connectivity index (χ0v) is 9.99. The highest BCUT2D eigenvalue weighted by atomic mass is 79.9. The molecule has 0 saturated heterocycles. The fraction of sp³-hybridized carbons (Fsp3) is 0.0833. The zero-order valence-electron chi connectivity index (χ0n) is 8.40.